The van der Waals surface area contributed by atoms with Gasteiger partial charge in [0.15, 0.2) is 5.82 Å². The SMILES string of the molecule is COc1cc(C(=O)NC2CCN(C)CC2)ccc1Nc1ncc2c(n1)N1CCC[C@@H]1CC(=O)N2C. The molecule has 186 valence electrons. The Morgan fingerprint density at radius 1 is 1.14 bits per heavy atom. The smallest absolute Gasteiger partial charge is 0.251 e. The number of aromatic nitrogens is 2. The number of benzene rings is 1. The standard InChI is InChI=1S/C25H33N7O3/c1-30-11-8-17(9-12-30)27-24(34)16-6-7-19(21(13-16)35-3)28-25-26-15-20-23(29-25)32-10-4-5-18(32)14-22(33)31(20)2/h6-7,13,15,17-18H,4-5,8-12,14H2,1-3H3,(H,27,34)(H,26,28,29)/t18-/m1/s1. The van der Waals surface area contributed by atoms with Crippen LogP contribution < -0.4 is 25.2 Å². The molecule has 3 aliphatic rings. The molecule has 5 rings (SSSR count). The Morgan fingerprint density at radius 2 is 1.94 bits per heavy atom. The summed E-state index contributed by atoms with van der Waals surface area (Å²) in [6.45, 7) is 2.85. The van der Waals surface area contributed by atoms with E-state index in [2.05, 4.69) is 32.5 Å². The average Bonchev–Trinajstić information content (AvgIpc) is 3.29. The van der Waals surface area contributed by atoms with Gasteiger partial charge in [-0.2, -0.15) is 4.98 Å². The highest BCUT2D eigenvalue weighted by atomic mass is 16.5. The van der Waals surface area contributed by atoms with Gasteiger partial charge >= 0.3 is 0 Å². The van der Waals surface area contributed by atoms with Crippen molar-refractivity contribution in [3.8, 4) is 5.75 Å². The fourth-order valence-electron chi connectivity index (χ4n) is 5.15. The van der Waals surface area contributed by atoms with Crippen molar-refractivity contribution in [2.75, 3.05) is 56.0 Å². The van der Waals surface area contributed by atoms with Gasteiger partial charge in [-0.1, -0.05) is 0 Å². The summed E-state index contributed by atoms with van der Waals surface area (Å²) in [5.74, 6) is 1.70. The second kappa shape index (κ2) is 9.69. The number of hydrogen-bond acceptors (Lipinski definition) is 8. The van der Waals surface area contributed by atoms with Crippen molar-refractivity contribution in [3.63, 3.8) is 0 Å². The molecule has 2 amide bonds. The highest BCUT2D eigenvalue weighted by molar-refractivity contribution is 5.98. The minimum Gasteiger partial charge on any atom is -0.495 e. The van der Waals surface area contributed by atoms with Gasteiger partial charge in [0.05, 0.1) is 19.0 Å². The van der Waals surface area contributed by atoms with E-state index in [0.717, 1.165) is 56.8 Å². The Labute approximate surface area is 205 Å². The molecule has 2 saturated heterocycles. The molecule has 2 N–H and O–H groups in total. The van der Waals surface area contributed by atoms with Crippen LogP contribution in [0.1, 0.15) is 42.5 Å². The Kier molecular flexibility index (Phi) is 6.46. The number of nitrogens with zero attached hydrogens (tertiary/aromatic N) is 5. The number of fused-ring (bicyclic) bond motifs is 3. The first-order chi connectivity index (χ1) is 16.9. The van der Waals surface area contributed by atoms with Crippen LogP contribution in [0, 0.1) is 0 Å². The van der Waals surface area contributed by atoms with E-state index in [1.54, 1.807) is 37.4 Å². The fraction of sp³-hybridized carbons (Fsp3) is 0.520. The number of rotatable bonds is 5. The topological polar surface area (TPSA) is 103 Å². The lowest BCUT2D eigenvalue weighted by molar-refractivity contribution is -0.118. The molecule has 0 radical (unpaired) electrons. The normalized spacial score (nSPS) is 20.8. The molecule has 2 fully saturated rings. The minimum atomic E-state index is -0.0986. The van der Waals surface area contributed by atoms with Crippen LogP contribution in [0.2, 0.25) is 0 Å². The van der Waals surface area contributed by atoms with Crippen molar-refractivity contribution >= 4 is 35.0 Å². The first-order valence-electron chi connectivity index (χ1n) is 12.3. The molecular weight excluding hydrogens is 446 g/mol. The predicted octanol–water partition coefficient (Wildman–Crippen LogP) is 2.39. The van der Waals surface area contributed by atoms with Gasteiger partial charge in [0.2, 0.25) is 11.9 Å². The van der Waals surface area contributed by atoms with Crippen LogP contribution in [0.25, 0.3) is 0 Å². The number of ether oxygens (including phenoxy) is 1. The second-order valence-corrected chi connectivity index (χ2v) is 9.64. The summed E-state index contributed by atoms with van der Waals surface area (Å²) in [5.41, 5.74) is 1.94. The molecule has 1 aromatic heterocycles. The van der Waals surface area contributed by atoms with Gasteiger partial charge in [-0.3, -0.25) is 9.59 Å². The van der Waals surface area contributed by atoms with Crippen LogP contribution in [0.3, 0.4) is 0 Å². The van der Waals surface area contributed by atoms with Crippen LogP contribution in [0.4, 0.5) is 23.1 Å². The van der Waals surface area contributed by atoms with Gasteiger partial charge < -0.3 is 30.1 Å². The Morgan fingerprint density at radius 3 is 2.71 bits per heavy atom. The van der Waals surface area contributed by atoms with Crippen LogP contribution in [0.15, 0.2) is 24.4 Å². The quantitative estimate of drug-likeness (QED) is 0.674. The molecule has 0 saturated carbocycles. The molecule has 3 aliphatic heterocycles. The van der Waals surface area contributed by atoms with Crippen molar-refractivity contribution in [3.05, 3.63) is 30.0 Å². The fourth-order valence-corrected chi connectivity index (χ4v) is 5.15. The van der Waals surface area contributed by atoms with Crippen molar-refractivity contribution < 1.29 is 14.3 Å². The van der Waals surface area contributed by atoms with Crippen molar-refractivity contribution in [1.82, 2.24) is 20.2 Å². The van der Waals surface area contributed by atoms with E-state index in [4.69, 9.17) is 9.72 Å². The summed E-state index contributed by atoms with van der Waals surface area (Å²) in [7, 11) is 5.45. The lowest BCUT2D eigenvalue weighted by Gasteiger charge is -2.29. The van der Waals surface area contributed by atoms with E-state index in [1.807, 2.05) is 6.07 Å². The molecule has 0 bridgehead atoms. The van der Waals surface area contributed by atoms with Crippen molar-refractivity contribution in [2.45, 2.75) is 44.2 Å². The summed E-state index contributed by atoms with van der Waals surface area (Å²) in [6.07, 6.45) is 6.12. The van der Waals surface area contributed by atoms with E-state index in [0.29, 0.717) is 29.4 Å². The molecule has 0 aliphatic carbocycles. The van der Waals surface area contributed by atoms with Gasteiger partial charge in [0.25, 0.3) is 5.91 Å². The number of amides is 2. The molecule has 2 aromatic rings. The predicted molar refractivity (Wildman–Crippen MR) is 135 cm³/mol. The molecule has 35 heavy (non-hydrogen) atoms. The van der Waals surface area contributed by atoms with E-state index in [-0.39, 0.29) is 23.9 Å². The molecule has 4 heterocycles. The number of methoxy groups -OCH3 is 1. The van der Waals surface area contributed by atoms with Gasteiger partial charge in [0, 0.05) is 37.7 Å². The van der Waals surface area contributed by atoms with Gasteiger partial charge in [-0.05, 0) is 64.0 Å². The summed E-state index contributed by atoms with van der Waals surface area (Å²) in [4.78, 5) is 40.8. The van der Waals surface area contributed by atoms with Crippen molar-refractivity contribution in [1.29, 1.82) is 0 Å². The molecule has 1 aromatic carbocycles. The van der Waals surface area contributed by atoms with Crippen LogP contribution in [0.5, 0.6) is 5.75 Å². The Bertz CT molecular complexity index is 1120. The number of likely N-dealkylation sites (tertiary alicyclic amines) is 1. The molecule has 0 unspecified atom stereocenters. The van der Waals surface area contributed by atoms with E-state index < -0.39 is 0 Å². The zero-order valence-electron chi connectivity index (χ0n) is 20.6. The molecule has 10 heteroatoms. The second-order valence-electron chi connectivity index (χ2n) is 9.64. The van der Waals surface area contributed by atoms with E-state index in [1.165, 1.54) is 0 Å². The lowest BCUT2D eigenvalue weighted by atomic mass is 10.0. The number of carbonyl (C=O) groups is 2. The summed E-state index contributed by atoms with van der Waals surface area (Å²) >= 11 is 0. The molecular formula is C25H33N7O3. The third kappa shape index (κ3) is 4.75. The van der Waals surface area contributed by atoms with E-state index >= 15 is 0 Å². The zero-order valence-corrected chi connectivity index (χ0v) is 20.6. The zero-order chi connectivity index (χ0) is 24.5. The van der Waals surface area contributed by atoms with E-state index in [9.17, 15) is 9.59 Å². The number of anilines is 4. The minimum absolute atomic E-state index is 0.0840. The third-order valence-electron chi connectivity index (χ3n) is 7.31. The number of nitrogens with one attached hydrogen (secondary N) is 2. The van der Waals surface area contributed by atoms with Gasteiger partial charge in [-0.25, -0.2) is 4.98 Å². The third-order valence-corrected chi connectivity index (χ3v) is 7.31. The van der Waals surface area contributed by atoms with Crippen molar-refractivity contribution in [2.24, 2.45) is 0 Å². The number of hydrogen-bond donors (Lipinski definition) is 2. The maximum absolute atomic E-state index is 12.8. The van der Waals surface area contributed by atoms with Crippen LogP contribution >= 0.6 is 0 Å². The number of piperidine rings is 1. The average molecular weight is 480 g/mol. The Hall–Kier alpha value is -3.40. The number of carbonyl (C=O) groups excluding carboxylic acids is 2. The van der Waals surface area contributed by atoms with Crippen LogP contribution in [-0.2, 0) is 4.79 Å². The maximum Gasteiger partial charge on any atom is 0.251 e. The molecule has 10 nitrogen and oxygen atoms in total. The Balaban J connectivity index is 1.35. The molecule has 1 atom stereocenters. The van der Waals surface area contributed by atoms with Gasteiger partial charge in [-0.15, -0.1) is 0 Å². The highest BCUT2D eigenvalue weighted by Crippen LogP contribution is 2.38. The van der Waals surface area contributed by atoms with Crippen LogP contribution in [-0.4, -0.2) is 79.6 Å². The highest BCUT2D eigenvalue weighted by Gasteiger charge is 2.35. The summed E-state index contributed by atoms with van der Waals surface area (Å²) in [6, 6.07) is 5.69. The monoisotopic (exact) mass is 479 g/mol. The first-order valence-corrected chi connectivity index (χ1v) is 12.3. The summed E-state index contributed by atoms with van der Waals surface area (Å²) < 4.78 is 5.58. The maximum atomic E-state index is 12.8. The summed E-state index contributed by atoms with van der Waals surface area (Å²) in [5, 5.41) is 6.38. The largest absolute Gasteiger partial charge is 0.495 e. The van der Waals surface area contributed by atoms with Gasteiger partial charge in [0.1, 0.15) is 11.4 Å². The first kappa shape index (κ1) is 23.3. The lowest BCUT2D eigenvalue weighted by Crippen LogP contribution is -2.43. The molecule has 0 spiro atoms.